The largest absolute Gasteiger partial charge is 0.496 e. The molecule has 1 unspecified atom stereocenters. The van der Waals surface area contributed by atoms with E-state index in [4.69, 9.17) is 4.74 Å². The van der Waals surface area contributed by atoms with Crippen LogP contribution in [0.15, 0.2) is 29.3 Å². The van der Waals surface area contributed by atoms with Gasteiger partial charge in [-0.15, -0.1) is 0 Å². The summed E-state index contributed by atoms with van der Waals surface area (Å²) >= 11 is 1.82. The molecule has 22 heavy (non-hydrogen) atoms. The summed E-state index contributed by atoms with van der Waals surface area (Å²) in [5, 5.41) is 6.70. The lowest BCUT2D eigenvalue weighted by atomic mass is 10.0. The Balaban J connectivity index is 2.72. The molecule has 1 atom stereocenters. The Morgan fingerprint density at radius 1 is 1.32 bits per heavy atom. The van der Waals surface area contributed by atoms with Gasteiger partial charge < -0.3 is 20.3 Å². The number of para-hydroxylation sites is 1. The Morgan fingerprint density at radius 2 is 2.05 bits per heavy atom. The number of thioether (sulfide) groups is 1. The van der Waals surface area contributed by atoms with E-state index in [1.807, 2.05) is 30.0 Å². The minimum atomic E-state index is 0.204. The quantitative estimate of drug-likeness (QED) is 0.434. The summed E-state index contributed by atoms with van der Waals surface area (Å²) in [6, 6.07) is 8.34. The van der Waals surface area contributed by atoms with E-state index in [-0.39, 0.29) is 6.04 Å². The molecule has 5 nitrogen and oxygen atoms in total. The van der Waals surface area contributed by atoms with Crippen LogP contribution in [-0.4, -0.2) is 64.2 Å². The maximum absolute atomic E-state index is 5.49. The molecule has 0 aliphatic heterocycles. The van der Waals surface area contributed by atoms with Gasteiger partial charge in [-0.3, -0.25) is 4.99 Å². The Kier molecular flexibility index (Phi) is 8.77. The summed E-state index contributed by atoms with van der Waals surface area (Å²) in [5.41, 5.74) is 1.17. The monoisotopic (exact) mass is 324 g/mol. The topological polar surface area (TPSA) is 48.9 Å². The first-order valence-electron chi connectivity index (χ1n) is 7.36. The number of likely N-dealkylation sites (N-methyl/N-ethyl adjacent to an activating group) is 1. The molecule has 0 saturated heterocycles. The standard InChI is InChI=1S/C16H28N4OS/c1-17-16(18-10-11-22-5)19-12-14(20(2)3)13-8-6-7-9-15(13)21-4/h6-9,14H,10-12H2,1-5H3,(H2,17,18,19). The molecule has 0 heterocycles. The predicted molar refractivity (Wildman–Crippen MR) is 97.2 cm³/mol. The Bertz CT molecular complexity index is 465. The first-order chi connectivity index (χ1) is 10.6. The third-order valence-electron chi connectivity index (χ3n) is 3.41. The van der Waals surface area contributed by atoms with Crippen molar-refractivity contribution in [3.63, 3.8) is 0 Å². The molecule has 0 amide bonds. The van der Waals surface area contributed by atoms with Crippen LogP contribution in [0.4, 0.5) is 0 Å². The van der Waals surface area contributed by atoms with E-state index >= 15 is 0 Å². The summed E-state index contributed by atoms with van der Waals surface area (Å²) in [4.78, 5) is 6.44. The van der Waals surface area contributed by atoms with Gasteiger partial charge in [-0.25, -0.2) is 0 Å². The van der Waals surface area contributed by atoms with E-state index in [9.17, 15) is 0 Å². The highest BCUT2D eigenvalue weighted by molar-refractivity contribution is 7.98. The highest BCUT2D eigenvalue weighted by Crippen LogP contribution is 2.27. The van der Waals surface area contributed by atoms with Gasteiger partial charge in [0, 0.05) is 31.5 Å². The van der Waals surface area contributed by atoms with Crippen molar-refractivity contribution in [1.82, 2.24) is 15.5 Å². The number of hydrogen-bond donors (Lipinski definition) is 2. The van der Waals surface area contributed by atoms with Crippen molar-refractivity contribution in [3.8, 4) is 5.75 Å². The lowest BCUT2D eigenvalue weighted by Crippen LogP contribution is -2.42. The van der Waals surface area contributed by atoms with Gasteiger partial charge in [0.1, 0.15) is 5.75 Å². The van der Waals surface area contributed by atoms with Gasteiger partial charge in [-0.1, -0.05) is 18.2 Å². The fourth-order valence-electron chi connectivity index (χ4n) is 2.20. The van der Waals surface area contributed by atoms with Crippen LogP contribution in [0.1, 0.15) is 11.6 Å². The SMILES string of the molecule is CN=C(NCCSC)NCC(c1ccccc1OC)N(C)C. The minimum absolute atomic E-state index is 0.204. The van der Waals surface area contributed by atoms with E-state index < -0.39 is 0 Å². The molecule has 1 rings (SSSR count). The molecule has 1 aromatic rings. The fourth-order valence-corrected chi connectivity index (χ4v) is 2.50. The Hall–Kier alpha value is -1.40. The number of rotatable bonds is 8. The van der Waals surface area contributed by atoms with Crippen molar-refractivity contribution in [3.05, 3.63) is 29.8 Å². The van der Waals surface area contributed by atoms with Crippen molar-refractivity contribution in [2.45, 2.75) is 6.04 Å². The number of ether oxygens (including phenoxy) is 1. The van der Waals surface area contributed by atoms with Crippen LogP contribution in [0.3, 0.4) is 0 Å². The Morgan fingerprint density at radius 3 is 2.64 bits per heavy atom. The van der Waals surface area contributed by atoms with E-state index in [0.29, 0.717) is 0 Å². The van der Waals surface area contributed by atoms with Gasteiger partial charge in [0.2, 0.25) is 0 Å². The van der Waals surface area contributed by atoms with Gasteiger partial charge in [0.15, 0.2) is 5.96 Å². The smallest absolute Gasteiger partial charge is 0.191 e. The molecule has 0 aromatic heterocycles. The molecule has 0 fully saturated rings. The molecule has 0 aliphatic carbocycles. The third-order valence-corrected chi connectivity index (χ3v) is 4.02. The predicted octanol–water partition coefficient (Wildman–Crippen LogP) is 1.83. The average Bonchev–Trinajstić information content (AvgIpc) is 2.53. The normalized spacial score (nSPS) is 13.1. The highest BCUT2D eigenvalue weighted by atomic mass is 32.2. The lowest BCUT2D eigenvalue weighted by molar-refractivity contribution is 0.288. The van der Waals surface area contributed by atoms with Crippen LogP contribution in [0.25, 0.3) is 0 Å². The maximum Gasteiger partial charge on any atom is 0.191 e. The number of hydrogen-bond acceptors (Lipinski definition) is 4. The van der Waals surface area contributed by atoms with E-state index in [0.717, 1.165) is 30.6 Å². The summed E-state index contributed by atoms with van der Waals surface area (Å²) in [5.74, 6) is 2.80. The van der Waals surface area contributed by atoms with Crippen molar-refractivity contribution < 1.29 is 4.74 Å². The zero-order valence-electron chi connectivity index (χ0n) is 14.2. The van der Waals surface area contributed by atoms with Crippen molar-refractivity contribution >= 4 is 17.7 Å². The van der Waals surface area contributed by atoms with Crippen LogP contribution >= 0.6 is 11.8 Å². The molecule has 1 aromatic carbocycles. The van der Waals surface area contributed by atoms with Crippen molar-refractivity contribution in [2.24, 2.45) is 4.99 Å². The van der Waals surface area contributed by atoms with E-state index in [2.05, 4.69) is 46.9 Å². The van der Waals surface area contributed by atoms with Gasteiger partial charge >= 0.3 is 0 Å². The molecule has 0 radical (unpaired) electrons. The molecule has 0 spiro atoms. The van der Waals surface area contributed by atoms with Gasteiger partial charge in [0.25, 0.3) is 0 Å². The summed E-state index contributed by atoms with van der Waals surface area (Å²) < 4.78 is 5.49. The highest BCUT2D eigenvalue weighted by Gasteiger charge is 2.18. The number of nitrogens with zero attached hydrogens (tertiary/aromatic N) is 2. The van der Waals surface area contributed by atoms with Crippen LogP contribution in [0.2, 0.25) is 0 Å². The third kappa shape index (κ3) is 5.77. The molecule has 124 valence electrons. The zero-order chi connectivity index (χ0) is 16.4. The molecule has 0 aliphatic rings. The zero-order valence-corrected chi connectivity index (χ0v) is 15.0. The molecule has 0 saturated carbocycles. The number of aliphatic imine (C=N–C) groups is 1. The second-order valence-corrected chi connectivity index (χ2v) is 6.08. The number of guanidine groups is 1. The maximum atomic E-state index is 5.49. The first kappa shape index (κ1) is 18.6. The van der Waals surface area contributed by atoms with Crippen LogP contribution in [0.5, 0.6) is 5.75 Å². The van der Waals surface area contributed by atoms with Gasteiger partial charge in [0.05, 0.1) is 13.2 Å². The number of nitrogens with one attached hydrogen (secondary N) is 2. The van der Waals surface area contributed by atoms with Gasteiger partial charge in [-0.2, -0.15) is 11.8 Å². The van der Waals surface area contributed by atoms with Crippen LogP contribution in [0, 0.1) is 0 Å². The molecule has 6 heteroatoms. The number of benzene rings is 1. The fraction of sp³-hybridized carbons (Fsp3) is 0.562. The Labute approximate surface area is 138 Å². The van der Waals surface area contributed by atoms with E-state index in [1.165, 1.54) is 5.56 Å². The summed E-state index contributed by atoms with van der Waals surface area (Å²) in [7, 11) is 7.65. The second kappa shape index (κ2) is 10.3. The van der Waals surface area contributed by atoms with E-state index in [1.54, 1.807) is 14.2 Å². The van der Waals surface area contributed by atoms with Crippen molar-refractivity contribution in [1.29, 1.82) is 0 Å². The molecular weight excluding hydrogens is 296 g/mol. The average molecular weight is 324 g/mol. The molecule has 2 N–H and O–H groups in total. The number of methoxy groups -OCH3 is 1. The minimum Gasteiger partial charge on any atom is -0.496 e. The molecule has 0 bridgehead atoms. The lowest BCUT2D eigenvalue weighted by Gasteiger charge is -2.27. The summed E-state index contributed by atoms with van der Waals surface area (Å²) in [6.07, 6.45) is 2.10. The van der Waals surface area contributed by atoms with Crippen LogP contribution in [-0.2, 0) is 0 Å². The van der Waals surface area contributed by atoms with Crippen molar-refractivity contribution in [2.75, 3.05) is 53.4 Å². The second-order valence-electron chi connectivity index (χ2n) is 5.09. The first-order valence-corrected chi connectivity index (χ1v) is 8.76. The van der Waals surface area contributed by atoms with Crippen LogP contribution < -0.4 is 15.4 Å². The van der Waals surface area contributed by atoms with Gasteiger partial charge in [-0.05, 0) is 26.4 Å². The summed E-state index contributed by atoms with van der Waals surface area (Å²) in [6.45, 7) is 1.66. The molecular formula is C16H28N4OS.